The van der Waals surface area contributed by atoms with Crippen LogP contribution in [0.1, 0.15) is 120 Å². The second kappa shape index (κ2) is 18.9. The fourth-order valence-corrected chi connectivity index (χ4v) is 11.2. The molecular weight excluding hydrogens is 809 g/mol. The monoisotopic (exact) mass is 870 g/mol. The van der Waals surface area contributed by atoms with Crippen molar-refractivity contribution in [1.82, 2.24) is 25.2 Å². The molecular formula is C47H62N6O8S. The van der Waals surface area contributed by atoms with E-state index in [4.69, 9.17) is 14.7 Å². The maximum absolute atomic E-state index is 15.3. The third kappa shape index (κ3) is 9.73. The van der Waals surface area contributed by atoms with Crippen molar-refractivity contribution in [3.63, 3.8) is 0 Å². The van der Waals surface area contributed by atoms with E-state index in [2.05, 4.69) is 32.4 Å². The van der Waals surface area contributed by atoms with Gasteiger partial charge in [0.1, 0.15) is 35.5 Å². The number of carbonyl (C=O) groups is 4. The number of benzene rings is 2. The minimum Gasteiger partial charge on any atom is -0.446 e. The van der Waals surface area contributed by atoms with Crippen molar-refractivity contribution in [1.29, 1.82) is 0 Å². The van der Waals surface area contributed by atoms with Gasteiger partial charge in [0.05, 0.1) is 11.3 Å². The Bertz CT molecular complexity index is 2120. The molecule has 2 aromatic carbocycles. The Kier molecular flexibility index (Phi) is 13.4. The molecule has 2 heterocycles. The zero-order valence-electron chi connectivity index (χ0n) is 36.1. The lowest BCUT2D eigenvalue weighted by atomic mass is 10.0. The van der Waals surface area contributed by atoms with Gasteiger partial charge in [0.15, 0.2) is 0 Å². The number of carbonyl (C=O) groups excluding carboxylic acids is 4. The summed E-state index contributed by atoms with van der Waals surface area (Å²) in [6.45, 7) is 0.899. The predicted octanol–water partition coefficient (Wildman–Crippen LogP) is 5.94. The number of unbranched alkanes of at least 4 members (excludes halogenated alkanes) is 2. The summed E-state index contributed by atoms with van der Waals surface area (Å²) in [5.74, 6) is -2.19. The van der Waals surface area contributed by atoms with Gasteiger partial charge in [0.25, 0.3) is 5.91 Å². The Labute approximate surface area is 365 Å². The molecule has 62 heavy (non-hydrogen) atoms. The van der Waals surface area contributed by atoms with Gasteiger partial charge in [-0.2, -0.15) is 0 Å². The van der Waals surface area contributed by atoms with E-state index in [9.17, 15) is 22.8 Å². The van der Waals surface area contributed by atoms with Crippen LogP contribution in [0.25, 0.3) is 11.1 Å². The van der Waals surface area contributed by atoms with Crippen molar-refractivity contribution in [2.45, 2.75) is 150 Å². The Morgan fingerprint density at radius 3 is 2.24 bits per heavy atom. The minimum atomic E-state index is -3.91. The second-order valence-electron chi connectivity index (χ2n) is 18.4. The van der Waals surface area contributed by atoms with Crippen molar-refractivity contribution < 1.29 is 37.2 Å². The molecule has 4 amide bonds. The summed E-state index contributed by atoms with van der Waals surface area (Å²) in [5.41, 5.74) is 3.07. The van der Waals surface area contributed by atoms with Gasteiger partial charge in [0, 0.05) is 23.5 Å². The molecule has 1 saturated heterocycles. The van der Waals surface area contributed by atoms with Crippen molar-refractivity contribution in [2.75, 3.05) is 20.6 Å². The lowest BCUT2D eigenvalue weighted by Gasteiger charge is -2.34. The maximum atomic E-state index is 15.3. The molecule has 8 rings (SSSR count). The van der Waals surface area contributed by atoms with Crippen LogP contribution in [0.4, 0.5) is 4.79 Å². The summed E-state index contributed by atoms with van der Waals surface area (Å²) in [6.07, 6.45) is 13.4. The number of sulfonamides is 1. The first kappa shape index (κ1) is 43.9. The van der Waals surface area contributed by atoms with Crippen molar-refractivity contribution >= 4 is 39.5 Å². The minimum absolute atomic E-state index is 0.0673. The van der Waals surface area contributed by atoms with Crippen LogP contribution in [0.2, 0.25) is 0 Å². The van der Waals surface area contributed by atoms with Gasteiger partial charge in [-0.1, -0.05) is 91.5 Å². The number of hydrogen-bond acceptors (Lipinski definition) is 10. The van der Waals surface area contributed by atoms with E-state index in [1.54, 1.807) is 4.90 Å². The fourth-order valence-electron chi connectivity index (χ4n) is 9.85. The molecule has 14 nitrogen and oxygen atoms in total. The summed E-state index contributed by atoms with van der Waals surface area (Å²) in [5, 5.41) is 10.1. The van der Waals surface area contributed by atoms with E-state index in [1.165, 1.54) is 0 Å². The molecule has 3 saturated carbocycles. The molecule has 0 radical (unpaired) electrons. The summed E-state index contributed by atoms with van der Waals surface area (Å²) in [6, 6.07) is 13.3. The van der Waals surface area contributed by atoms with E-state index < -0.39 is 74.8 Å². The van der Waals surface area contributed by atoms with Gasteiger partial charge in [-0.15, -0.1) is 0 Å². The molecule has 6 aliphatic rings. The van der Waals surface area contributed by atoms with Crippen LogP contribution in [0.3, 0.4) is 0 Å². The fraction of sp³-hybridized carbons (Fsp3) is 0.596. The summed E-state index contributed by atoms with van der Waals surface area (Å²) in [4.78, 5) is 68.1. The van der Waals surface area contributed by atoms with Gasteiger partial charge in [-0.25, -0.2) is 13.2 Å². The normalized spacial score (nSPS) is 28.1. The quantitative estimate of drug-likeness (QED) is 0.107. The van der Waals surface area contributed by atoms with E-state index in [0.717, 1.165) is 86.6 Å². The van der Waals surface area contributed by atoms with E-state index >= 15 is 4.79 Å². The molecule has 0 bridgehead atoms. The number of nitrogens with one attached hydrogen (secondary N) is 3. The van der Waals surface area contributed by atoms with Gasteiger partial charge < -0.3 is 30.0 Å². The summed E-state index contributed by atoms with van der Waals surface area (Å²) in [7, 11) is 0.153. The van der Waals surface area contributed by atoms with Crippen molar-refractivity contribution in [3.05, 3.63) is 71.8 Å². The lowest BCUT2D eigenvalue weighted by molar-refractivity contribution is -0.143. The lowest BCUT2D eigenvalue weighted by Crippen LogP contribution is -2.59. The average Bonchev–Trinajstić information content (AvgIpc) is 4.09. The summed E-state index contributed by atoms with van der Waals surface area (Å²) < 4.78 is 34.2. The molecule has 2 aliphatic heterocycles. The largest absolute Gasteiger partial charge is 0.446 e. The SMILES string of the molecule is CN(C)CCCCC[C@H]1[C@H](ON=C2c3ccccc3-c3ccccc32)CC2C(=O)NC3(C(=O)NS(=O)(=O)C4CC4)CC3/C=C\CCCCCC(NC(=O)OC3CCCC3)C(=O)N21. The van der Waals surface area contributed by atoms with Crippen LogP contribution in [-0.2, 0) is 34.0 Å². The number of amides is 4. The average molecular weight is 871 g/mol. The highest BCUT2D eigenvalue weighted by Gasteiger charge is 2.62. The van der Waals surface area contributed by atoms with Gasteiger partial charge in [-0.3, -0.25) is 19.1 Å². The van der Waals surface area contributed by atoms with Gasteiger partial charge in [-0.05, 0) is 109 Å². The Balaban J connectivity index is 1.14. The van der Waals surface area contributed by atoms with Crippen LogP contribution < -0.4 is 15.4 Å². The molecule has 4 aliphatic carbocycles. The van der Waals surface area contributed by atoms with Crippen LogP contribution in [0.15, 0.2) is 65.8 Å². The number of oxime groups is 1. The Morgan fingerprint density at radius 1 is 0.887 bits per heavy atom. The highest BCUT2D eigenvalue weighted by atomic mass is 32.2. The van der Waals surface area contributed by atoms with Crippen LogP contribution in [0.5, 0.6) is 0 Å². The van der Waals surface area contributed by atoms with Crippen LogP contribution in [0, 0.1) is 5.92 Å². The zero-order chi connectivity index (χ0) is 43.4. The van der Waals surface area contributed by atoms with Gasteiger partial charge >= 0.3 is 6.09 Å². The highest BCUT2D eigenvalue weighted by molar-refractivity contribution is 7.91. The van der Waals surface area contributed by atoms with E-state index in [0.29, 0.717) is 44.2 Å². The highest BCUT2D eigenvalue weighted by Crippen LogP contribution is 2.46. The number of alkyl carbamates (subject to hydrolysis) is 1. The molecule has 334 valence electrons. The third-order valence-corrected chi connectivity index (χ3v) is 15.4. The number of rotatable bonds is 13. The Hall–Kier alpha value is -4.76. The standard InChI is InChI=1S/C47H62N6O8S/c1-52(2)28-16-6-9-25-39-41(61-50-42-36-22-14-12-20-34(36)35-21-13-15-23-37(35)42)29-40-43(54)49-47(45(56)51-62(58,59)33-26-27-33)30-31(47)17-7-4-3-5-8-24-38(44(55)53(39)40)48-46(57)60-32-18-10-11-19-32/h7,12-15,17,20-23,31-33,38-41H,3-6,8-11,16,18-19,24-30H2,1-2H3,(H,48,57)(H,49,54)(H,51,56)/b17-7-/t31?,38?,39-,40?,41+,47?/m0/s1. The molecule has 6 atom stereocenters. The Morgan fingerprint density at radius 2 is 1.56 bits per heavy atom. The third-order valence-electron chi connectivity index (χ3n) is 13.5. The predicted molar refractivity (Wildman–Crippen MR) is 235 cm³/mol. The first-order chi connectivity index (χ1) is 29.9. The number of fused-ring (bicyclic) bond motifs is 5. The molecule has 2 aromatic rings. The molecule has 4 unspecified atom stereocenters. The van der Waals surface area contributed by atoms with Crippen molar-refractivity contribution in [3.8, 4) is 11.1 Å². The molecule has 15 heteroatoms. The smallest absolute Gasteiger partial charge is 0.408 e. The number of hydrogen-bond donors (Lipinski definition) is 3. The number of allylic oxidation sites excluding steroid dienone is 1. The molecule has 0 aromatic heterocycles. The van der Waals surface area contributed by atoms with E-state index in [-0.39, 0.29) is 18.9 Å². The molecule has 4 fully saturated rings. The maximum Gasteiger partial charge on any atom is 0.408 e. The first-order valence-electron chi connectivity index (χ1n) is 22.9. The van der Waals surface area contributed by atoms with Gasteiger partial charge in [0.2, 0.25) is 21.8 Å². The zero-order valence-corrected chi connectivity index (χ0v) is 36.9. The second-order valence-corrected chi connectivity index (χ2v) is 20.4. The van der Waals surface area contributed by atoms with E-state index in [1.807, 2.05) is 62.6 Å². The van der Waals surface area contributed by atoms with Crippen molar-refractivity contribution in [2.24, 2.45) is 11.1 Å². The van der Waals surface area contributed by atoms with Crippen LogP contribution >= 0.6 is 0 Å². The number of nitrogens with zero attached hydrogens (tertiary/aromatic N) is 3. The number of ether oxygens (including phenoxy) is 1. The first-order valence-corrected chi connectivity index (χ1v) is 24.4. The topological polar surface area (TPSA) is 176 Å². The molecule has 0 spiro atoms. The molecule has 3 N–H and O–H groups in total. The van der Waals surface area contributed by atoms with Crippen LogP contribution in [-0.4, -0.2) is 110 Å². The summed E-state index contributed by atoms with van der Waals surface area (Å²) >= 11 is 0.